The number of fused-ring (bicyclic) bond motifs is 1. The van der Waals surface area contributed by atoms with Crippen molar-refractivity contribution in [1.29, 1.82) is 0 Å². The Morgan fingerprint density at radius 2 is 1.80 bits per heavy atom. The fraction of sp³-hybridized carbons (Fsp3) is 0.150. The summed E-state index contributed by atoms with van der Waals surface area (Å²) >= 11 is 0. The summed E-state index contributed by atoms with van der Waals surface area (Å²) in [4.78, 5) is 15.8. The fourth-order valence-electron chi connectivity index (χ4n) is 3.26. The van der Waals surface area contributed by atoms with E-state index < -0.39 is 5.97 Å². The van der Waals surface area contributed by atoms with Crippen LogP contribution in [0.3, 0.4) is 0 Å². The van der Waals surface area contributed by atoms with Crippen LogP contribution in [0.5, 0.6) is 0 Å². The molecular weight excluding hydrogens is 314 g/mol. The monoisotopic (exact) mass is 331 g/mol. The number of benzene rings is 2. The lowest BCUT2D eigenvalue weighted by molar-refractivity contribution is 0.0697. The lowest BCUT2D eigenvalue weighted by Gasteiger charge is -2.21. The van der Waals surface area contributed by atoms with Crippen molar-refractivity contribution in [2.75, 3.05) is 0 Å². The summed E-state index contributed by atoms with van der Waals surface area (Å²) < 4.78 is 1.74. The Balaban J connectivity index is 1.70. The maximum atomic E-state index is 11.0. The molecule has 25 heavy (non-hydrogen) atoms. The molecule has 1 aromatic heterocycles. The van der Waals surface area contributed by atoms with Crippen LogP contribution in [0.4, 0.5) is 5.69 Å². The average Bonchev–Trinajstić information content (AvgIpc) is 3.18. The second-order valence-electron chi connectivity index (χ2n) is 6.63. The SMILES string of the molecule is CC1(C)C(c2cnn(-c3ccc(C(=O)O)cc3)c2)=Nc2ccccc21. The van der Waals surface area contributed by atoms with Crippen molar-refractivity contribution in [3.05, 3.63) is 77.6 Å². The van der Waals surface area contributed by atoms with Gasteiger partial charge in [-0.1, -0.05) is 32.0 Å². The van der Waals surface area contributed by atoms with E-state index in [0.717, 1.165) is 22.6 Å². The van der Waals surface area contributed by atoms with Crippen LogP contribution >= 0.6 is 0 Å². The van der Waals surface area contributed by atoms with Gasteiger partial charge in [-0.2, -0.15) is 5.10 Å². The van der Waals surface area contributed by atoms with Gasteiger partial charge in [0, 0.05) is 17.2 Å². The van der Waals surface area contributed by atoms with Crippen molar-refractivity contribution in [3.63, 3.8) is 0 Å². The van der Waals surface area contributed by atoms with Gasteiger partial charge in [0.15, 0.2) is 0 Å². The van der Waals surface area contributed by atoms with Crippen LogP contribution < -0.4 is 0 Å². The Kier molecular flexibility index (Phi) is 3.32. The first-order chi connectivity index (χ1) is 12.0. The highest BCUT2D eigenvalue weighted by molar-refractivity contribution is 6.12. The minimum atomic E-state index is -0.937. The number of aliphatic imine (C=N–C) groups is 1. The molecule has 2 heterocycles. The summed E-state index contributed by atoms with van der Waals surface area (Å²) in [6, 6.07) is 14.8. The second-order valence-corrected chi connectivity index (χ2v) is 6.63. The Bertz CT molecular complexity index is 998. The number of rotatable bonds is 3. The molecule has 1 N–H and O–H groups in total. The van der Waals surface area contributed by atoms with Crippen LogP contribution in [0.25, 0.3) is 5.69 Å². The van der Waals surface area contributed by atoms with Crippen LogP contribution in [0, 0.1) is 0 Å². The molecule has 0 radical (unpaired) electrons. The zero-order valence-electron chi connectivity index (χ0n) is 14.0. The quantitative estimate of drug-likeness (QED) is 0.789. The Morgan fingerprint density at radius 1 is 1.08 bits per heavy atom. The van der Waals surface area contributed by atoms with Crippen LogP contribution in [0.1, 0.15) is 35.3 Å². The van der Waals surface area contributed by atoms with Crippen LogP contribution in [-0.4, -0.2) is 26.6 Å². The topological polar surface area (TPSA) is 67.5 Å². The summed E-state index contributed by atoms with van der Waals surface area (Å²) in [6.45, 7) is 4.33. The highest BCUT2D eigenvalue weighted by atomic mass is 16.4. The number of nitrogens with zero attached hydrogens (tertiary/aromatic N) is 3. The number of aromatic nitrogens is 2. The van der Waals surface area contributed by atoms with Crippen molar-refractivity contribution in [1.82, 2.24) is 9.78 Å². The number of hydrogen-bond donors (Lipinski definition) is 1. The number of carboxylic acid groups (broad SMARTS) is 1. The average molecular weight is 331 g/mol. The molecule has 0 fully saturated rings. The number of aromatic carboxylic acids is 1. The van der Waals surface area contributed by atoms with E-state index in [0.29, 0.717) is 0 Å². The molecule has 1 aliphatic heterocycles. The van der Waals surface area contributed by atoms with Gasteiger partial charge in [0.05, 0.1) is 28.8 Å². The van der Waals surface area contributed by atoms with E-state index in [2.05, 4.69) is 25.0 Å². The molecular formula is C20H17N3O2. The minimum absolute atomic E-state index is 0.183. The van der Waals surface area contributed by atoms with E-state index in [9.17, 15) is 4.79 Å². The van der Waals surface area contributed by atoms with Crippen molar-refractivity contribution in [2.45, 2.75) is 19.3 Å². The van der Waals surface area contributed by atoms with Gasteiger partial charge in [-0.15, -0.1) is 0 Å². The summed E-state index contributed by atoms with van der Waals surface area (Å²) in [5.41, 5.74) is 5.05. The van der Waals surface area contributed by atoms with E-state index in [1.54, 1.807) is 35.1 Å². The molecule has 3 aromatic rings. The minimum Gasteiger partial charge on any atom is -0.478 e. The van der Waals surface area contributed by atoms with E-state index in [1.807, 2.05) is 24.4 Å². The van der Waals surface area contributed by atoms with Gasteiger partial charge < -0.3 is 5.11 Å². The first-order valence-electron chi connectivity index (χ1n) is 8.04. The number of carbonyl (C=O) groups is 1. The first-order valence-corrected chi connectivity index (χ1v) is 8.04. The zero-order chi connectivity index (χ0) is 17.6. The molecule has 4 rings (SSSR count). The number of hydrogen-bond acceptors (Lipinski definition) is 3. The molecule has 0 saturated heterocycles. The predicted octanol–water partition coefficient (Wildman–Crippen LogP) is 3.98. The highest BCUT2D eigenvalue weighted by Crippen LogP contribution is 2.41. The van der Waals surface area contributed by atoms with Gasteiger partial charge in [0.2, 0.25) is 0 Å². The van der Waals surface area contributed by atoms with E-state index in [-0.39, 0.29) is 11.0 Å². The van der Waals surface area contributed by atoms with Crippen LogP contribution in [0.2, 0.25) is 0 Å². The van der Waals surface area contributed by atoms with Gasteiger partial charge in [0.25, 0.3) is 0 Å². The summed E-state index contributed by atoms with van der Waals surface area (Å²) in [5.74, 6) is -0.937. The molecule has 0 aliphatic carbocycles. The molecule has 1 aliphatic rings. The maximum absolute atomic E-state index is 11.0. The number of para-hydroxylation sites is 1. The smallest absolute Gasteiger partial charge is 0.335 e. The van der Waals surface area contributed by atoms with Crippen molar-refractivity contribution >= 4 is 17.4 Å². The highest BCUT2D eigenvalue weighted by Gasteiger charge is 2.36. The van der Waals surface area contributed by atoms with Gasteiger partial charge in [-0.25, -0.2) is 9.48 Å². The molecule has 0 atom stereocenters. The van der Waals surface area contributed by atoms with Crippen molar-refractivity contribution in [2.24, 2.45) is 4.99 Å². The van der Waals surface area contributed by atoms with Crippen LogP contribution in [-0.2, 0) is 5.41 Å². The number of carboxylic acids is 1. The Morgan fingerprint density at radius 3 is 2.48 bits per heavy atom. The molecule has 124 valence electrons. The fourth-order valence-corrected chi connectivity index (χ4v) is 3.26. The molecule has 0 bridgehead atoms. The summed E-state index contributed by atoms with van der Waals surface area (Å²) in [5, 5.41) is 13.4. The Labute approximate surface area is 145 Å². The first kappa shape index (κ1) is 15.3. The van der Waals surface area contributed by atoms with E-state index in [4.69, 9.17) is 10.1 Å². The van der Waals surface area contributed by atoms with Crippen molar-refractivity contribution in [3.8, 4) is 5.69 Å². The third kappa shape index (κ3) is 2.45. The molecule has 2 aromatic carbocycles. The van der Waals surface area contributed by atoms with E-state index >= 15 is 0 Å². The standard InChI is InChI=1S/C20H17N3O2/c1-20(2)16-5-3-4-6-17(16)22-18(20)14-11-21-23(12-14)15-9-7-13(8-10-15)19(24)25/h3-12H,1-2H3,(H,24,25). The zero-order valence-corrected chi connectivity index (χ0v) is 14.0. The molecule has 0 unspecified atom stereocenters. The third-order valence-electron chi connectivity index (χ3n) is 4.64. The molecule has 0 spiro atoms. The second kappa shape index (κ2) is 5.41. The molecule has 0 saturated carbocycles. The largest absolute Gasteiger partial charge is 0.478 e. The lowest BCUT2D eigenvalue weighted by Crippen LogP contribution is -2.26. The molecule has 0 amide bonds. The molecule has 5 nitrogen and oxygen atoms in total. The van der Waals surface area contributed by atoms with Gasteiger partial charge >= 0.3 is 5.97 Å². The predicted molar refractivity (Wildman–Crippen MR) is 96.2 cm³/mol. The maximum Gasteiger partial charge on any atom is 0.335 e. The summed E-state index contributed by atoms with van der Waals surface area (Å²) in [7, 11) is 0. The normalized spacial score (nSPS) is 14.9. The van der Waals surface area contributed by atoms with Crippen LogP contribution in [0.15, 0.2) is 65.9 Å². The van der Waals surface area contributed by atoms with Gasteiger partial charge in [0.1, 0.15) is 0 Å². The molecule has 5 heteroatoms. The van der Waals surface area contributed by atoms with Gasteiger partial charge in [-0.05, 0) is 35.9 Å². The van der Waals surface area contributed by atoms with Gasteiger partial charge in [-0.3, -0.25) is 4.99 Å². The van der Waals surface area contributed by atoms with E-state index in [1.165, 1.54) is 5.56 Å². The lowest BCUT2D eigenvalue weighted by atomic mass is 9.80. The van der Waals surface area contributed by atoms with Crippen molar-refractivity contribution < 1.29 is 9.90 Å². The summed E-state index contributed by atoms with van der Waals surface area (Å²) in [6.07, 6.45) is 3.74. The Hall–Kier alpha value is -3.21. The third-order valence-corrected chi connectivity index (χ3v) is 4.64.